The summed E-state index contributed by atoms with van der Waals surface area (Å²) in [5.41, 5.74) is 3.13. The number of fused-ring (bicyclic) bond motifs is 1. The van der Waals surface area contributed by atoms with Crippen LogP contribution in [0.4, 0.5) is 8.78 Å². The van der Waals surface area contributed by atoms with Gasteiger partial charge in [0, 0.05) is 12.1 Å². The molecule has 0 N–H and O–H groups in total. The van der Waals surface area contributed by atoms with Crippen LogP contribution < -0.4 is 0 Å². The van der Waals surface area contributed by atoms with Gasteiger partial charge in [-0.25, -0.2) is 8.78 Å². The van der Waals surface area contributed by atoms with Crippen LogP contribution in [0.3, 0.4) is 0 Å². The molecule has 140 valence electrons. The fourth-order valence-electron chi connectivity index (χ4n) is 3.38. The maximum atomic E-state index is 13.5. The molecule has 0 aliphatic carbocycles. The van der Waals surface area contributed by atoms with Crippen molar-refractivity contribution < 1.29 is 13.6 Å². The summed E-state index contributed by atoms with van der Waals surface area (Å²) in [4.78, 5) is 14.5. The van der Waals surface area contributed by atoms with Gasteiger partial charge in [0.05, 0.1) is 37.0 Å². The second-order valence-electron chi connectivity index (χ2n) is 6.65. The molecule has 1 aliphatic rings. The van der Waals surface area contributed by atoms with Crippen LogP contribution >= 0.6 is 0 Å². The molecule has 1 amide bonds. The molecule has 3 aromatic rings. The van der Waals surface area contributed by atoms with Crippen LogP contribution in [-0.4, -0.2) is 27.1 Å². The lowest BCUT2D eigenvalue weighted by molar-refractivity contribution is -0.131. The van der Waals surface area contributed by atoms with E-state index in [1.54, 1.807) is 29.3 Å². The molecule has 0 saturated heterocycles. The van der Waals surface area contributed by atoms with Crippen LogP contribution in [0.25, 0.3) is 11.1 Å². The van der Waals surface area contributed by atoms with Gasteiger partial charge in [0.15, 0.2) is 0 Å². The summed E-state index contributed by atoms with van der Waals surface area (Å²) in [6, 6.07) is 12.1. The van der Waals surface area contributed by atoms with E-state index in [1.165, 1.54) is 30.3 Å². The minimum atomic E-state index is -0.593. The highest BCUT2D eigenvalue weighted by Crippen LogP contribution is 2.27. The van der Waals surface area contributed by atoms with Crippen molar-refractivity contribution in [2.24, 2.45) is 0 Å². The lowest BCUT2D eigenvalue weighted by Gasteiger charge is -2.28. The first-order valence-electron chi connectivity index (χ1n) is 8.82. The Morgan fingerprint density at radius 3 is 2.68 bits per heavy atom. The van der Waals surface area contributed by atoms with Crippen LogP contribution in [0.15, 0.2) is 48.7 Å². The molecule has 5 nitrogen and oxygen atoms in total. The molecule has 7 heteroatoms. The molecule has 1 aliphatic heterocycles. The van der Waals surface area contributed by atoms with Crippen molar-refractivity contribution in [2.45, 2.75) is 19.5 Å². The average molecular weight is 378 g/mol. The van der Waals surface area contributed by atoms with E-state index in [2.05, 4.69) is 5.10 Å². The van der Waals surface area contributed by atoms with Gasteiger partial charge in [-0.2, -0.15) is 10.4 Å². The predicted molar refractivity (Wildman–Crippen MR) is 97.9 cm³/mol. The van der Waals surface area contributed by atoms with Gasteiger partial charge in [0.2, 0.25) is 5.91 Å². The van der Waals surface area contributed by atoms with Gasteiger partial charge in [0.25, 0.3) is 0 Å². The molecular formula is C21H16F2N4O. The van der Waals surface area contributed by atoms with Gasteiger partial charge < -0.3 is 4.90 Å². The summed E-state index contributed by atoms with van der Waals surface area (Å²) in [5, 5.41) is 13.3. The zero-order valence-electron chi connectivity index (χ0n) is 14.9. The summed E-state index contributed by atoms with van der Waals surface area (Å²) in [6.45, 7) is 1.47. The van der Waals surface area contributed by atoms with Crippen LogP contribution in [-0.2, 0) is 24.3 Å². The lowest BCUT2D eigenvalue weighted by Crippen LogP contribution is -2.39. The normalized spacial score (nSPS) is 13.1. The number of carbonyl (C=O) groups is 1. The van der Waals surface area contributed by atoms with E-state index < -0.39 is 5.82 Å². The third-order valence-electron chi connectivity index (χ3n) is 4.89. The molecule has 28 heavy (non-hydrogen) atoms. The standard InChI is InChI=1S/C21H16F2N4O/c22-17-4-2-15(3-5-17)18-12-25-27-8-7-26(13-20(18)27)21(28)10-14-1-6-19(23)16(9-14)11-24/h1-6,9,12H,7-8,10,13H2. The molecule has 0 spiro atoms. The lowest BCUT2D eigenvalue weighted by atomic mass is 10.0. The molecule has 0 radical (unpaired) electrons. The molecule has 0 atom stereocenters. The molecule has 2 aromatic carbocycles. The second kappa shape index (κ2) is 7.24. The Morgan fingerprint density at radius 1 is 1.14 bits per heavy atom. The van der Waals surface area contributed by atoms with Gasteiger partial charge in [0.1, 0.15) is 17.7 Å². The van der Waals surface area contributed by atoms with Crippen LogP contribution in [0, 0.1) is 23.0 Å². The smallest absolute Gasteiger partial charge is 0.227 e. The van der Waals surface area contributed by atoms with Gasteiger partial charge in [-0.1, -0.05) is 18.2 Å². The minimum Gasteiger partial charge on any atom is -0.335 e. The Bertz CT molecular complexity index is 1080. The predicted octanol–water partition coefficient (Wildman–Crippen LogP) is 3.28. The number of nitrogens with zero attached hydrogens (tertiary/aromatic N) is 4. The number of hydrogen-bond acceptors (Lipinski definition) is 3. The minimum absolute atomic E-state index is 0.0689. The Hall–Kier alpha value is -3.53. The number of benzene rings is 2. The number of aromatic nitrogens is 2. The zero-order valence-corrected chi connectivity index (χ0v) is 14.9. The molecule has 2 heterocycles. The quantitative estimate of drug-likeness (QED) is 0.703. The third-order valence-corrected chi connectivity index (χ3v) is 4.89. The third kappa shape index (κ3) is 3.37. The molecule has 4 rings (SSSR count). The maximum absolute atomic E-state index is 13.5. The van der Waals surface area contributed by atoms with Crippen LogP contribution in [0.5, 0.6) is 0 Å². The number of hydrogen-bond donors (Lipinski definition) is 0. The van der Waals surface area contributed by atoms with Crippen LogP contribution in [0.2, 0.25) is 0 Å². The van der Waals surface area contributed by atoms with Gasteiger partial charge in [-0.3, -0.25) is 9.48 Å². The number of rotatable bonds is 3. The van der Waals surface area contributed by atoms with Crippen molar-refractivity contribution in [1.82, 2.24) is 14.7 Å². The van der Waals surface area contributed by atoms with E-state index in [0.717, 1.165) is 16.8 Å². The summed E-state index contributed by atoms with van der Waals surface area (Å²) in [6.07, 6.45) is 1.82. The van der Waals surface area contributed by atoms with Crippen molar-refractivity contribution in [2.75, 3.05) is 6.54 Å². The van der Waals surface area contributed by atoms with Gasteiger partial charge in [-0.05, 0) is 35.4 Å². The van der Waals surface area contributed by atoms with E-state index in [-0.39, 0.29) is 23.7 Å². The molecular weight excluding hydrogens is 362 g/mol. The van der Waals surface area contributed by atoms with Crippen LogP contribution in [0.1, 0.15) is 16.8 Å². The second-order valence-corrected chi connectivity index (χ2v) is 6.65. The van der Waals surface area contributed by atoms with Gasteiger partial charge >= 0.3 is 0 Å². The monoisotopic (exact) mass is 378 g/mol. The van der Waals surface area contributed by atoms with Crippen molar-refractivity contribution in [3.8, 4) is 17.2 Å². The first-order valence-corrected chi connectivity index (χ1v) is 8.82. The highest BCUT2D eigenvalue weighted by Gasteiger charge is 2.24. The molecule has 0 saturated carbocycles. The molecule has 0 unspecified atom stereocenters. The maximum Gasteiger partial charge on any atom is 0.227 e. The van der Waals surface area contributed by atoms with E-state index in [9.17, 15) is 13.6 Å². The number of halogens is 2. The summed E-state index contributed by atoms with van der Waals surface area (Å²) in [7, 11) is 0. The summed E-state index contributed by atoms with van der Waals surface area (Å²) in [5.74, 6) is -1.00. The van der Waals surface area contributed by atoms with Crippen molar-refractivity contribution in [3.05, 3.63) is 77.1 Å². The van der Waals surface area contributed by atoms with E-state index in [0.29, 0.717) is 25.2 Å². The first kappa shape index (κ1) is 17.9. The van der Waals surface area contributed by atoms with Crippen molar-refractivity contribution >= 4 is 5.91 Å². The van der Waals surface area contributed by atoms with Gasteiger partial charge in [-0.15, -0.1) is 0 Å². The Kier molecular flexibility index (Phi) is 4.62. The fourth-order valence-corrected chi connectivity index (χ4v) is 3.38. The Balaban J connectivity index is 1.54. The summed E-state index contributed by atoms with van der Waals surface area (Å²) < 4.78 is 28.5. The van der Waals surface area contributed by atoms with Crippen molar-refractivity contribution in [3.63, 3.8) is 0 Å². The number of carbonyl (C=O) groups excluding carboxylic acids is 1. The van der Waals surface area contributed by atoms with E-state index in [4.69, 9.17) is 5.26 Å². The fraction of sp³-hybridized carbons (Fsp3) is 0.190. The topological polar surface area (TPSA) is 61.9 Å². The first-order chi connectivity index (χ1) is 13.5. The van der Waals surface area contributed by atoms with Crippen molar-refractivity contribution in [1.29, 1.82) is 5.26 Å². The Labute approximate surface area is 160 Å². The molecule has 0 bridgehead atoms. The largest absolute Gasteiger partial charge is 0.335 e. The number of amides is 1. The molecule has 1 aromatic heterocycles. The highest BCUT2D eigenvalue weighted by molar-refractivity contribution is 5.79. The highest BCUT2D eigenvalue weighted by atomic mass is 19.1. The Morgan fingerprint density at radius 2 is 1.93 bits per heavy atom. The SMILES string of the molecule is N#Cc1cc(CC(=O)N2CCn3ncc(-c4ccc(F)cc4)c3C2)ccc1F. The zero-order chi connectivity index (χ0) is 19.7. The average Bonchev–Trinajstić information content (AvgIpc) is 3.13. The number of nitriles is 1. The molecule has 0 fully saturated rings. The summed E-state index contributed by atoms with van der Waals surface area (Å²) >= 11 is 0. The van der Waals surface area contributed by atoms with E-state index in [1.807, 2.05) is 4.68 Å². The van der Waals surface area contributed by atoms with E-state index >= 15 is 0 Å².